The molecule has 1 aliphatic heterocycles. The Kier molecular flexibility index (Phi) is 3.39. The molecule has 0 amide bonds. The van der Waals surface area contributed by atoms with E-state index in [4.69, 9.17) is 23.2 Å². The number of anilines is 1. The second-order valence-corrected chi connectivity index (χ2v) is 4.72. The zero-order valence-electron chi connectivity index (χ0n) is 8.29. The molecule has 1 aliphatic rings. The van der Waals surface area contributed by atoms with Crippen LogP contribution >= 0.6 is 23.2 Å². The Morgan fingerprint density at radius 3 is 2.13 bits per heavy atom. The molecule has 1 heterocycles. The van der Waals surface area contributed by atoms with Crippen LogP contribution in [0.15, 0.2) is 18.2 Å². The van der Waals surface area contributed by atoms with Crippen LogP contribution in [0.4, 0.5) is 5.69 Å². The van der Waals surface area contributed by atoms with Gasteiger partial charge in [-0.15, -0.1) is 0 Å². The number of aliphatic hydroxyl groups is 1. The van der Waals surface area contributed by atoms with E-state index in [1.54, 1.807) is 6.07 Å². The zero-order valence-corrected chi connectivity index (χ0v) is 9.80. The number of hydrogen-bond donors (Lipinski definition) is 1. The van der Waals surface area contributed by atoms with Crippen LogP contribution in [0, 0.1) is 0 Å². The highest BCUT2D eigenvalue weighted by Crippen LogP contribution is 2.27. The van der Waals surface area contributed by atoms with Crippen LogP contribution in [0.5, 0.6) is 0 Å². The maximum atomic E-state index is 9.40. The fourth-order valence-electron chi connectivity index (χ4n) is 1.85. The molecule has 1 aromatic rings. The van der Waals surface area contributed by atoms with Gasteiger partial charge >= 0.3 is 0 Å². The van der Waals surface area contributed by atoms with Gasteiger partial charge in [-0.05, 0) is 31.0 Å². The van der Waals surface area contributed by atoms with Crippen LogP contribution in [-0.2, 0) is 0 Å². The summed E-state index contributed by atoms with van der Waals surface area (Å²) in [7, 11) is 0. The first-order chi connectivity index (χ1) is 7.15. The smallest absolute Gasteiger partial charge is 0.0574 e. The molecular weight excluding hydrogens is 233 g/mol. The van der Waals surface area contributed by atoms with Gasteiger partial charge in [0.1, 0.15) is 0 Å². The second kappa shape index (κ2) is 4.60. The standard InChI is InChI=1S/C11H13Cl2NO/c12-8-5-9(13)7-10(6-8)14-3-1-11(15)2-4-14/h5-7,11,15H,1-4H2. The van der Waals surface area contributed by atoms with E-state index in [1.165, 1.54) is 0 Å². The van der Waals surface area contributed by atoms with E-state index >= 15 is 0 Å². The van der Waals surface area contributed by atoms with E-state index in [-0.39, 0.29) is 6.10 Å². The van der Waals surface area contributed by atoms with Gasteiger partial charge in [-0.1, -0.05) is 23.2 Å². The predicted octanol–water partition coefficient (Wildman–Crippen LogP) is 2.95. The molecule has 4 heteroatoms. The van der Waals surface area contributed by atoms with E-state index in [9.17, 15) is 5.11 Å². The van der Waals surface area contributed by atoms with E-state index in [0.717, 1.165) is 31.6 Å². The monoisotopic (exact) mass is 245 g/mol. The van der Waals surface area contributed by atoms with Crippen LogP contribution in [0.25, 0.3) is 0 Å². The molecule has 15 heavy (non-hydrogen) atoms. The Balaban J connectivity index is 2.15. The lowest BCUT2D eigenvalue weighted by Gasteiger charge is -2.31. The minimum Gasteiger partial charge on any atom is -0.393 e. The van der Waals surface area contributed by atoms with Gasteiger partial charge < -0.3 is 10.0 Å². The highest BCUT2D eigenvalue weighted by molar-refractivity contribution is 6.35. The van der Waals surface area contributed by atoms with Crippen molar-refractivity contribution in [2.75, 3.05) is 18.0 Å². The molecule has 0 unspecified atom stereocenters. The highest BCUT2D eigenvalue weighted by atomic mass is 35.5. The summed E-state index contributed by atoms with van der Waals surface area (Å²) >= 11 is 11.9. The third-order valence-corrected chi connectivity index (χ3v) is 3.11. The Morgan fingerprint density at radius 2 is 1.60 bits per heavy atom. The number of nitrogens with zero attached hydrogens (tertiary/aromatic N) is 1. The average Bonchev–Trinajstić information content (AvgIpc) is 2.17. The first-order valence-corrected chi connectivity index (χ1v) is 5.80. The molecule has 0 aliphatic carbocycles. The van der Waals surface area contributed by atoms with Crippen molar-refractivity contribution >= 4 is 28.9 Å². The van der Waals surface area contributed by atoms with Crippen LogP contribution in [0.1, 0.15) is 12.8 Å². The molecule has 2 nitrogen and oxygen atoms in total. The molecule has 0 saturated carbocycles. The van der Waals surface area contributed by atoms with Crippen molar-refractivity contribution in [3.05, 3.63) is 28.2 Å². The summed E-state index contributed by atoms with van der Waals surface area (Å²) in [4.78, 5) is 2.20. The molecule has 0 aromatic heterocycles. The van der Waals surface area contributed by atoms with Crippen molar-refractivity contribution in [1.29, 1.82) is 0 Å². The number of halogens is 2. The summed E-state index contributed by atoms with van der Waals surface area (Å²) in [5.41, 5.74) is 1.04. The predicted molar refractivity (Wildman–Crippen MR) is 63.9 cm³/mol. The van der Waals surface area contributed by atoms with Gasteiger partial charge in [0.15, 0.2) is 0 Å². The molecule has 82 valence electrons. The number of piperidine rings is 1. The van der Waals surface area contributed by atoms with Crippen molar-refractivity contribution in [3.8, 4) is 0 Å². The van der Waals surface area contributed by atoms with Crippen molar-refractivity contribution in [3.63, 3.8) is 0 Å². The van der Waals surface area contributed by atoms with Gasteiger partial charge in [-0.25, -0.2) is 0 Å². The largest absolute Gasteiger partial charge is 0.393 e. The lowest BCUT2D eigenvalue weighted by molar-refractivity contribution is 0.145. The van der Waals surface area contributed by atoms with Crippen molar-refractivity contribution in [2.45, 2.75) is 18.9 Å². The Hall–Kier alpha value is -0.440. The van der Waals surface area contributed by atoms with Crippen molar-refractivity contribution in [2.24, 2.45) is 0 Å². The van der Waals surface area contributed by atoms with E-state index in [2.05, 4.69) is 4.90 Å². The summed E-state index contributed by atoms with van der Waals surface area (Å²) in [6.45, 7) is 1.72. The first-order valence-electron chi connectivity index (χ1n) is 5.04. The topological polar surface area (TPSA) is 23.5 Å². The molecule has 1 aromatic carbocycles. The number of benzene rings is 1. The molecule has 0 bridgehead atoms. The normalized spacial score (nSPS) is 18.2. The average molecular weight is 246 g/mol. The third kappa shape index (κ3) is 2.77. The zero-order chi connectivity index (χ0) is 10.8. The number of hydrogen-bond acceptors (Lipinski definition) is 2. The number of rotatable bonds is 1. The lowest BCUT2D eigenvalue weighted by atomic mass is 10.1. The molecule has 1 saturated heterocycles. The lowest BCUT2D eigenvalue weighted by Crippen LogP contribution is -2.35. The molecule has 0 atom stereocenters. The maximum absolute atomic E-state index is 9.40. The van der Waals surface area contributed by atoms with E-state index in [0.29, 0.717) is 10.0 Å². The summed E-state index contributed by atoms with van der Waals surface area (Å²) in [5, 5.41) is 10.7. The summed E-state index contributed by atoms with van der Waals surface area (Å²) in [6.07, 6.45) is 1.46. The van der Waals surface area contributed by atoms with Gasteiger partial charge in [-0.2, -0.15) is 0 Å². The Bertz CT molecular complexity index is 328. The van der Waals surface area contributed by atoms with Crippen LogP contribution in [-0.4, -0.2) is 24.3 Å². The molecule has 0 spiro atoms. The van der Waals surface area contributed by atoms with Crippen LogP contribution in [0.3, 0.4) is 0 Å². The quantitative estimate of drug-likeness (QED) is 0.823. The summed E-state index contributed by atoms with van der Waals surface area (Å²) in [5.74, 6) is 0. The van der Waals surface area contributed by atoms with Gasteiger partial charge in [0.2, 0.25) is 0 Å². The van der Waals surface area contributed by atoms with E-state index < -0.39 is 0 Å². The molecule has 2 rings (SSSR count). The fourth-order valence-corrected chi connectivity index (χ4v) is 2.36. The summed E-state index contributed by atoms with van der Waals surface area (Å²) < 4.78 is 0. The van der Waals surface area contributed by atoms with Crippen molar-refractivity contribution < 1.29 is 5.11 Å². The van der Waals surface area contributed by atoms with Crippen LogP contribution < -0.4 is 4.90 Å². The SMILES string of the molecule is OC1CCN(c2cc(Cl)cc(Cl)c2)CC1. The minimum atomic E-state index is -0.157. The molecule has 0 radical (unpaired) electrons. The van der Waals surface area contributed by atoms with Crippen molar-refractivity contribution in [1.82, 2.24) is 0 Å². The second-order valence-electron chi connectivity index (χ2n) is 3.85. The highest BCUT2D eigenvalue weighted by Gasteiger charge is 2.17. The molecule has 1 fully saturated rings. The Morgan fingerprint density at radius 1 is 1.07 bits per heavy atom. The third-order valence-electron chi connectivity index (χ3n) is 2.68. The summed E-state index contributed by atoms with van der Waals surface area (Å²) in [6, 6.07) is 5.54. The fraction of sp³-hybridized carbons (Fsp3) is 0.455. The van der Waals surface area contributed by atoms with E-state index in [1.807, 2.05) is 12.1 Å². The van der Waals surface area contributed by atoms with Crippen LogP contribution in [0.2, 0.25) is 10.0 Å². The van der Waals surface area contributed by atoms with Gasteiger partial charge in [-0.3, -0.25) is 0 Å². The minimum absolute atomic E-state index is 0.157. The van der Waals surface area contributed by atoms with Gasteiger partial charge in [0.05, 0.1) is 6.10 Å². The Labute approximate surface area is 99.4 Å². The van der Waals surface area contributed by atoms with Gasteiger partial charge in [0.25, 0.3) is 0 Å². The number of aliphatic hydroxyl groups excluding tert-OH is 1. The molecule has 1 N–H and O–H groups in total. The van der Waals surface area contributed by atoms with Gasteiger partial charge in [0, 0.05) is 28.8 Å². The first kappa shape index (κ1) is 11.1. The molecular formula is C11H13Cl2NO. The maximum Gasteiger partial charge on any atom is 0.0574 e.